The lowest BCUT2D eigenvalue weighted by Crippen LogP contribution is -2.07. The van der Waals surface area contributed by atoms with Gasteiger partial charge in [-0.15, -0.1) is 0 Å². The molecule has 0 saturated heterocycles. The van der Waals surface area contributed by atoms with Gasteiger partial charge in [-0.05, 0) is 30.7 Å². The third-order valence-corrected chi connectivity index (χ3v) is 2.58. The first kappa shape index (κ1) is 11.7. The van der Waals surface area contributed by atoms with E-state index >= 15 is 0 Å². The van der Waals surface area contributed by atoms with Gasteiger partial charge >= 0.3 is 0 Å². The molecular formula is C12H12F2N2O. The van der Waals surface area contributed by atoms with Crippen molar-refractivity contribution in [1.29, 1.82) is 0 Å². The van der Waals surface area contributed by atoms with E-state index in [1.54, 1.807) is 20.0 Å². The lowest BCUT2D eigenvalue weighted by molar-refractivity contribution is 0.209. The van der Waals surface area contributed by atoms with E-state index in [4.69, 9.17) is 0 Å². The smallest absolute Gasteiger partial charge is 0.159 e. The number of hydrogen-bond acceptors (Lipinski definition) is 2. The van der Waals surface area contributed by atoms with Crippen LogP contribution in [0.3, 0.4) is 0 Å². The Morgan fingerprint density at radius 1 is 1.24 bits per heavy atom. The summed E-state index contributed by atoms with van der Waals surface area (Å²) in [7, 11) is 1.69. The normalized spacial score (nSPS) is 12.8. The molecule has 1 N–H and O–H groups in total. The van der Waals surface area contributed by atoms with Crippen molar-refractivity contribution in [2.75, 3.05) is 0 Å². The number of aryl methyl sites for hydroxylation is 2. The van der Waals surface area contributed by atoms with Crippen molar-refractivity contribution in [3.63, 3.8) is 0 Å². The van der Waals surface area contributed by atoms with Crippen LogP contribution in [0.1, 0.15) is 23.1 Å². The maximum atomic E-state index is 13.1. The summed E-state index contributed by atoms with van der Waals surface area (Å²) in [6.07, 6.45) is -1.02. The zero-order valence-corrected chi connectivity index (χ0v) is 9.48. The molecule has 2 aromatic rings. The summed E-state index contributed by atoms with van der Waals surface area (Å²) < 4.78 is 27.3. The van der Waals surface area contributed by atoms with Gasteiger partial charge in [0.1, 0.15) is 6.10 Å². The third-order valence-electron chi connectivity index (χ3n) is 2.58. The molecule has 5 heteroatoms. The maximum absolute atomic E-state index is 13.1. The van der Waals surface area contributed by atoms with Gasteiger partial charge in [0.25, 0.3) is 0 Å². The van der Waals surface area contributed by atoms with Gasteiger partial charge in [-0.25, -0.2) is 8.78 Å². The molecule has 1 aromatic heterocycles. The van der Waals surface area contributed by atoms with Gasteiger partial charge < -0.3 is 5.11 Å². The van der Waals surface area contributed by atoms with Gasteiger partial charge in [-0.3, -0.25) is 4.68 Å². The molecule has 90 valence electrons. The average molecular weight is 238 g/mol. The largest absolute Gasteiger partial charge is 0.382 e. The number of rotatable bonds is 2. The quantitative estimate of drug-likeness (QED) is 0.870. The number of aliphatic hydroxyl groups excluding tert-OH is 1. The van der Waals surface area contributed by atoms with Crippen LogP contribution in [0, 0.1) is 18.6 Å². The van der Waals surface area contributed by atoms with E-state index in [2.05, 4.69) is 5.10 Å². The van der Waals surface area contributed by atoms with Crippen LogP contribution >= 0.6 is 0 Å². The van der Waals surface area contributed by atoms with Crippen LogP contribution < -0.4 is 0 Å². The molecular weight excluding hydrogens is 226 g/mol. The Balaban J connectivity index is 2.40. The van der Waals surface area contributed by atoms with Gasteiger partial charge in [0.15, 0.2) is 11.6 Å². The number of halogens is 2. The number of aromatic nitrogens is 2. The Hall–Kier alpha value is -1.75. The molecule has 0 saturated carbocycles. The Morgan fingerprint density at radius 3 is 2.47 bits per heavy atom. The van der Waals surface area contributed by atoms with Crippen LogP contribution in [0.25, 0.3) is 0 Å². The maximum Gasteiger partial charge on any atom is 0.159 e. The van der Waals surface area contributed by atoms with Crippen molar-refractivity contribution in [2.24, 2.45) is 7.05 Å². The second-order valence-corrected chi connectivity index (χ2v) is 3.91. The van der Waals surface area contributed by atoms with E-state index < -0.39 is 17.7 Å². The van der Waals surface area contributed by atoms with Crippen LogP contribution in [0.4, 0.5) is 8.78 Å². The molecule has 0 aliphatic rings. The van der Waals surface area contributed by atoms with E-state index in [-0.39, 0.29) is 0 Å². The number of nitrogens with zero attached hydrogens (tertiary/aromatic N) is 2. The van der Waals surface area contributed by atoms with Crippen LogP contribution in [0.2, 0.25) is 0 Å². The molecule has 2 rings (SSSR count). The molecule has 0 amide bonds. The molecule has 3 nitrogen and oxygen atoms in total. The van der Waals surface area contributed by atoms with Crippen molar-refractivity contribution in [2.45, 2.75) is 13.0 Å². The minimum absolute atomic E-state index is 0.298. The first-order valence-electron chi connectivity index (χ1n) is 5.12. The van der Waals surface area contributed by atoms with Crippen molar-refractivity contribution < 1.29 is 13.9 Å². The number of hydrogen-bond donors (Lipinski definition) is 1. The number of aliphatic hydroxyl groups is 1. The van der Waals surface area contributed by atoms with Gasteiger partial charge in [-0.1, -0.05) is 6.07 Å². The van der Waals surface area contributed by atoms with Gasteiger partial charge in [-0.2, -0.15) is 5.10 Å². The highest BCUT2D eigenvalue weighted by atomic mass is 19.2. The highest BCUT2D eigenvalue weighted by Gasteiger charge is 2.16. The molecule has 0 aliphatic heterocycles. The molecule has 0 aliphatic carbocycles. The second kappa shape index (κ2) is 4.25. The Kier molecular flexibility index (Phi) is 2.93. The van der Waals surface area contributed by atoms with Crippen LogP contribution in [0.15, 0.2) is 24.3 Å². The monoisotopic (exact) mass is 238 g/mol. The predicted octanol–water partition coefficient (Wildman–Crippen LogP) is 2.09. The zero-order valence-electron chi connectivity index (χ0n) is 9.48. The summed E-state index contributed by atoms with van der Waals surface area (Å²) in [5, 5.41) is 14.1. The van der Waals surface area contributed by atoms with E-state index in [9.17, 15) is 13.9 Å². The highest BCUT2D eigenvalue weighted by Crippen LogP contribution is 2.23. The molecule has 0 spiro atoms. The molecule has 1 heterocycles. The van der Waals surface area contributed by atoms with Crippen molar-refractivity contribution in [3.05, 3.63) is 52.9 Å². The molecule has 0 bridgehead atoms. The van der Waals surface area contributed by atoms with Gasteiger partial charge in [0.05, 0.1) is 11.4 Å². The lowest BCUT2D eigenvalue weighted by Gasteiger charge is -2.11. The Morgan fingerprint density at radius 2 is 1.94 bits per heavy atom. The molecule has 1 atom stereocenters. The second-order valence-electron chi connectivity index (χ2n) is 3.91. The lowest BCUT2D eigenvalue weighted by atomic mass is 10.1. The molecule has 1 aromatic carbocycles. The van der Waals surface area contributed by atoms with Crippen LogP contribution in [-0.4, -0.2) is 14.9 Å². The fraction of sp³-hybridized carbons (Fsp3) is 0.250. The van der Waals surface area contributed by atoms with Gasteiger partial charge in [0.2, 0.25) is 0 Å². The summed E-state index contributed by atoms with van der Waals surface area (Å²) in [4.78, 5) is 0. The Labute approximate surface area is 97.3 Å². The summed E-state index contributed by atoms with van der Waals surface area (Å²) in [5.74, 6) is -1.90. The van der Waals surface area contributed by atoms with Crippen LogP contribution in [-0.2, 0) is 7.05 Å². The van der Waals surface area contributed by atoms with E-state index in [1.807, 2.05) is 0 Å². The van der Waals surface area contributed by atoms with Crippen molar-refractivity contribution >= 4 is 0 Å². The fourth-order valence-electron chi connectivity index (χ4n) is 1.74. The predicted molar refractivity (Wildman–Crippen MR) is 58.4 cm³/mol. The molecule has 17 heavy (non-hydrogen) atoms. The fourth-order valence-corrected chi connectivity index (χ4v) is 1.74. The first-order valence-corrected chi connectivity index (χ1v) is 5.12. The average Bonchev–Trinajstić information content (AvgIpc) is 2.61. The number of benzene rings is 1. The summed E-state index contributed by atoms with van der Waals surface area (Å²) in [6, 6.07) is 5.04. The zero-order chi connectivity index (χ0) is 12.6. The first-order chi connectivity index (χ1) is 7.99. The SMILES string of the molecule is Cc1cc(C(O)c2ccc(F)c(F)c2)n(C)n1. The molecule has 1 unspecified atom stereocenters. The topological polar surface area (TPSA) is 38.0 Å². The minimum Gasteiger partial charge on any atom is -0.382 e. The van der Waals surface area contributed by atoms with Crippen LogP contribution in [0.5, 0.6) is 0 Å². The van der Waals surface area contributed by atoms with Gasteiger partial charge in [0, 0.05) is 7.05 Å². The third kappa shape index (κ3) is 2.19. The van der Waals surface area contributed by atoms with E-state index in [1.165, 1.54) is 10.7 Å². The Bertz CT molecular complexity index is 551. The minimum atomic E-state index is -1.02. The highest BCUT2D eigenvalue weighted by molar-refractivity contribution is 5.27. The van der Waals surface area contributed by atoms with E-state index in [0.717, 1.165) is 17.8 Å². The standard InChI is InChI=1S/C12H12F2N2O/c1-7-5-11(16(2)15-7)12(17)8-3-4-9(13)10(14)6-8/h3-6,12,17H,1-2H3. The molecule has 0 fully saturated rings. The van der Waals surface area contributed by atoms with Crippen molar-refractivity contribution in [3.8, 4) is 0 Å². The van der Waals surface area contributed by atoms with E-state index in [0.29, 0.717) is 11.3 Å². The molecule has 0 radical (unpaired) electrons. The summed E-state index contributed by atoms with van der Waals surface area (Å²) in [6.45, 7) is 1.79. The summed E-state index contributed by atoms with van der Waals surface area (Å²) >= 11 is 0. The van der Waals surface area contributed by atoms with Crippen molar-refractivity contribution in [1.82, 2.24) is 9.78 Å². The summed E-state index contributed by atoms with van der Waals surface area (Å²) in [5.41, 5.74) is 1.59.